The van der Waals surface area contributed by atoms with Crippen molar-refractivity contribution in [3.8, 4) is 0 Å². The summed E-state index contributed by atoms with van der Waals surface area (Å²) in [7, 11) is 1.57. The Morgan fingerprint density at radius 2 is 1.74 bits per heavy atom. The highest BCUT2D eigenvalue weighted by molar-refractivity contribution is 7.20. The first kappa shape index (κ1) is 27.7. The van der Waals surface area contributed by atoms with E-state index in [1.54, 1.807) is 7.11 Å². The fourth-order valence-corrected chi connectivity index (χ4v) is 5.73. The summed E-state index contributed by atoms with van der Waals surface area (Å²) < 4.78 is 11.9. The van der Waals surface area contributed by atoms with Gasteiger partial charge in [-0.15, -0.1) is 11.3 Å². The van der Waals surface area contributed by atoms with Crippen LogP contribution in [0.4, 0.5) is 4.79 Å². The maximum Gasteiger partial charge on any atom is 0.407 e. The molecule has 0 aliphatic heterocycles. The van der Waals surface area contributed by atoms with Crippen molar-refractivity contribution in [2.75, 3.05) is 13.7 Å². The number of ketones is 1. The molecular weight excluding hydrogens is 502 g/mol. The average molecular weight is 538 g/mol. The molecule has 202 valence electrons. The Labute approximate surface area is 227 Å². The Morgan fingerprint density at radius 3 is 2.47 bits per heavy atom. The first-order valence-electron chi connectivity index (χ1n) is 13.2. The third-order valence-corrected chi connectivity index (χ3v) is 8.04. The molecule has 1 heterocycles. The first-order chi connectivity index (χ1) is 18.5. The van der Waals surface area contributed by atoms with Crippen LogP contribution in [0.25, 0.3) is 10.2 Å². The highest BCUT2D eigenvalue weighted by Crippen LogP contribution is 2.32. The van der Waals surface area contributed by atoms with E-state index in [2.05, 4.69) is 15.6 Å². The van der Waals surface area contributed by atoms with E-state index in [1.165, 1.54) is 11.3 Å². The number of methoxy groups -OCH3 is 1. The molecule has 0 spiro atoms. The molecule has 1 fully saturated rings. The summed E-state index contributed by atoms with van der Waals surface area (Å²) in [5.74, 6) is -0.432. The predicted molar refractivity (Wildman–Crippen MR) is 147 cm³/mol. The maximum absolute atomic E-state index is 13.5. The van der Waals surface area contributed by atoms with E-state index in [9.17, 15) is 14.4 Å². The highest BCUT2D eigenvalue weighted by Gasteiger charge is 2.41. The van der Waals surface area contributed by atoms with Gasteiger partial charge in [-0.25, -0.2) is 9.78 Å². The molecule has 1 saturated carbocycles. The second-order valence-electron chi connectivity index (χ2n) is 9.62. The lowest BCUT2D eigenvalue weighted by molar-refractivity contribution is -0.148. The smallest absolute Gasteiger partial charge is 0.407 e. The van der Waals surface area contributed by atoms with Gasteiger partial charge in [-0.1, -0.05) is 61.7 Å². The van der Waals surface area contributed by atoms with Crippen LogP contribution in [0.5, 0.6) is 0 Å². The second-order valence-corrected chi connectivity index (χ2v) is 10.7. The molecule has 0 radical (unpaired) electrons. The Bertz CT molecular complexity index is 1190. The summed E-state index contributed by atoms with van der Waals surface area (Å²) in [4.78, 5) is 43.4. The average Bonchev–Trinajstić information content (AvgIpc) is 3.40. The number of carbonyl (C=O) groups is 3. The monoisotopic (exact) mass is 537 g/mol. The van der Waals surface area contributed by atoms with Gasteiger partial charge in [0.25, 0.3) is 5.91 Å². The number of ether oxygens (including phenoxy) is 2. The van der Waals surface area contributed by atoms with E-state index < -0.39 is 17.7 Å². The Balaban J connectivity index is 1.34. The number of hydrogen-bond donors (Lipinski definition) is 2. The number of carbonyl (C=O) groups excluding carboxylic acids is 3. The van der Waals surface area contributed by atoms with E-state index in [-0.39, 0.29) is 18.3 Å². The molecule has 1 aromatic heterocycles. The minimum absolute atomic E-state index is 0.197. The van der Waals surface area contributed by atoms with Crippen molar-refractivity contribution < 1.29 is 23.9 Å². The van der Waals surface area contributed by atoms with Crippen molar-refractivity contribution in [3.05, 3.63) is 65.2 Å². The summed E-state index contributed by atoms with van der Waals surface area (Å²) in [6.45, 7) is 0.615. The normalized spacial score (nSPS) is 15.5. The number of fused-ring (bicyclic) bond motifs is 1. The topological polar surface area (TPSA) is 107 Å². The number of alkyl carbamates (subject to hydrolysis) is 1. The third-order valence-electron chi connectivity index (χ3n) is 6.99. The largest absolute Gasteiger partial charge is 0.445 e. The molecule has 2 amide bonds. The molecule has 3 aromatic rings. The van der Waals surface area contributed by atoms with Gasteiger partial charge in [0.1, 0.15) is 12.2 Å². The second kappa shape index (κ2) is 13.5. The molecule has 9 heteroatoms. The molecule has 4 rings (SSSR count). The zero-order valence-electron chi connectivity index (χ0n) is 21.7. The first-order valence-corrected chi connectivity index (χ1v) is 14.0. The lowest BCUT2D eigenvalue weighted by Crippen LogP contribution is -2.54. The molecule has 2 N–H and O–H groups in total. The van der Waals surface area contributed by atoms with Crippen LogP contribution in [0.15, 0.2) is 54.6 Å². The van der Waals surface area contributed by atoms with E-state index in [1.807, 2.05) is 54.6 Å². The van der Waals surface area contributed by atoms with Crippen LogP contribution in [-0.4, -0.2) is 48.1 Å². The molecule has 0 saturated heterocycles. The number of amides is 2. The van der Waals surface area contributed by atoms with E-state index in [4.69, 9.17) is 9.47 Å². The number of thiazole rings is 1. The van der Waals surface area contributed by atoms with Crippen molar-refractivity contribution in [1.82, 2.24) is 15.6 Å². The molecule has 38 heavy (non-hydrogen) atoms. The molecule has 0 bridgehead atoms. The Morgan fingerprint density at radius 1 is 1.00 bits per heavy atom. The molecule has 1 unspecified atom stereocenters. The number of para-hydroxylation sites is 1. The SMILES string of the molecule is COC1(C(=O)NC(CCCCNC(=O)OCc2ccccc2)C(=O)c2nc3ccccc3s2)CCCCC1. The van der Waals surface area contributed by atoms with Crippen LogP contribution in [0.2, 0.25) is 0 Å². The summed E-state index contributed by atoms with van der Waals surface area (Å²) in [6.07, 6.45) is 5.42. The zero-order chi connectivity index (χ0) is 26.8. The van der Waals surface area contributed by atoms with Gasteiger partial charge in [-0.3, -0.25) is 9.59 Å². The van der Waals surface area contributed by atoms with Gasteiger partial charge in [0.05, 0.1) is 16.3 Å². The summed E-state index contributed by atoms with van der Waals surface area (Å²) in [5.41, 5.74) is 0.792. The fraction of sp³-hybridized carbons (Fsp3) is 0.448. The molecule has 8 nitrogen and oxygen atoms in total. The number of rotatable bonds is 12. The minimum Gasteiger partial charge on any atom is -0.445 e. The number of nitrogens with one attached hydrogen (secondary N) is 2. The van der Waals surface area contributed by atoms with Crippen molar-refractivity contribution in [3.63, 3.8) is 0 Å². The molecule has 1 aliphatic rings. The summed E-state index contributed by atoms with van der Waals surface area (Å²) >= 11 is 1.34. The summed E-state index contributed by atoms with van der Waals surface area (Å²) in [5, 5.41) is 6.13. The number of hydrogen-bond acceptors (Lipinski definition) is 7. The van der Waals surface area contributed by atoms with Crippen molar-refractivity contribution >= 4 is 39.3 Å². The maximum atomic E-state index is 13.5. The van der Waals surface area contributed by atoms with Crippen LogP contribution < -0.4 is 10.6 Å². The number of benzene rings is 2. The standard InChI is InChI=1S/C29H35N3O5S/c1-36-29(17-9-3-10-18-29)27(34)32-23(25(33)26-31-22-14-6-7-16-24(22)38-26)15-8-11-19-30-28(35)37-20-21-12-4-2-5-13-21/h2,4-7,12-14,16,23H,3,8-11,15,17-20H2,1H3,(H,30,35)(H,32,34). The molecule has 2 aromatic carbocycles. The van der Waals surface area contributed by atoms with E-state index >= 15 is 0 Å². The van der Waals surface area contributed by atoms with Gasteiger partial charge >= 0.3 is 6.09 Å². The van der Waals surface area contributed by atoms with Gasteiger partial charge in [0.15, 0.2) is 5.01 Å². The lowest BCUT2D eigenvalue weighted by Gasteiger charge is -2.35. The lowest BCUT2D eigenvalue weighted by atomic mass is 9.83. The Hall–Kier alpha value is -3.30. The van der Waals surface area contributed by atoms with Gasteiger partial charge in [0.2, 0.25) is 5.78 Å². The van der Waals surface area contributed by atoms with Gasteiger partial charge in [-0.05, 0) is 49.8 Å². The molecular formula is C29H35N3O5S. The number of nitrogens with zero attached hydrogens (tertiary/aromatic N) is 1. The minimum atomic E-state index is -0.894. The van der Waals surface area contributed by atoms with Crippen LogP contribution >= 0.6 is 11.3 Å². The highest BCUT2D eigenvalue weighted by atomic mass is 32.1. The summed E-state index contributed by atoms with van der Waals surface area (Å²) in [6, 6.07) is 16.4. The number of aromatic nitrogens is 1. The van der Waals surface area contributed by atoms with Crippen molar-refractivity contribution in [1.29, 1.82) is 0 Å². The van der Waals surface area contributed by atoms with Crippen LogP contribution in [0, 0.1) is 0 Å². The third kappa shape index (κ3) is 7.17. The van der Waals surface area contributed by atoms with Crippen LogP contribution in [-0.2, 0) is 20.9 Å². The van der Waals surface area contributed by atoms with Crippen molar-refractivity contribution in [2.45, 2.75) is 69.6 Å². The molecule has 1 aliphatic carbocycles. The van der Waals surface area contributed by atoms with Crippen molar-refractivity contribution in [2.24, 2.45) is 0 Å². The molecule has 1 atom stereocenters. The van der Waals surface area contributed by atoms with E-state index in [0.717, 1.165) is 35.0 Å². The number of Topliss-reactive ketones (excluding diaryl/α,β-unsaturated/α-hetero) is 1. The van der Waals surface area contributed by atoms with Gasteiger partial charge in [-0.2, -0.15) is 0 Å². The van der Waals surface area contributed by atoms with Gasteiger partial charge in [0, 0.05) is 13.7 Å². The van der Waals surface area contributed by atoms with Gasteiger partial charge < -0.3 is 20.1 Å². The van der Waals surface area contributed by atoms with Crippen LogP contribution in [0.3, 0.4) is 0 Å². The van der Waals surface area contributed by atoms with Crippen LogP contribution in [0.1, 0.15) is 66.7 Å². The zero-order valence-corrected chi connectivity index (χ0v) is 22.6. The predicted octanol–water partition coefficient (Wildman–Crippen LogP) is 5.41. The fourth-order valence-electron chi connectivity index (χ4n) is 4.77. The Kier molecular flexibility index (Phi) is 9.84. The van der Waals surface area contributed by atoms with E-state index in [0.29, 0.717) is 43.7 Å². The number of unbranched alkanes of at least 4 members (excludes halogenated alkanes) is 1. The quantitative estimate of drug-likeness (QED) is 0.236.